The van der Waals surface area contributed by atoms with Gasteiger partial charge in [0.1, 0.15) is 0 Å². The van der Waals surface area contributed by atoms with Crippen LogP contribution < -0.4 is 10.6 Å². The minimum Gasteiger partial charge on any atom is -0.354 e. The van der Waals surface area contributed by atoms with E-state index in [4.69, 9.17) is 0 Å². The van der Waals surface area contributed by atoms with Gasteiger partial charge in [0.25, 0.3) is 0 Å². The molecule has 1 aromatic carbocycles. The quantitative estimate of drug-likeness (QED) is 0.803. The van der Waals surface area contributed by atoms with Crippen molar-refractivity contribution in [2.75, 3.05) is 33.7 Å². The standard InChI is InChI=1S/C15H23N3O/c1-18(2)14(13-6-4-3-5-7-13)11-17-15(19)8-12-9-16-10-12/h3-7,12,14,16H,8-11H2,1-2H3,(H,17,19). The molecule has 0 radical (unpaired) electrons. The molecule has 1 unspecified atom stereocenters. The summed E-state index contributed by atoms with van der Waals surface area (Å²) >= 11 is 0. The van der Waals surface area contributed by atoms with Crippen LogP contribution in [0.15, 0.2) is 30.3 Å². The van der Waals surface area contributed by atoms with Crippen LogP contribution in [0.1, 0.15) is 18.0 Å². The van der Waals surface area contributed by atoms with Gasteiger partial charge < -0.3 is 15.5 Å². The zero-order valence-electron chi connectivity index (χ0n) is 11.7. The topological polar surface area (TPSA) is 44.4 Å². The lowest BCUT2D eigenvalue weighted by molar-refractivity contribution is -0.122. The first-order valence-electron chi connectivity index (χ1n) is 6.85. The second-order valence-electron chi connectivity index (χ2n) is 5.42. The molecule has 1 aliphatic heterocycles. The number of rotatable bonds is 6. The fourth-order valence-corrected chi connectivity index (χ4v) is 2.31. The van der Waals surface area contributed by atoms with E-state index >= 15 is 0 Å². The van der Waals surface area contributed by atoms with Crippen molar-refractivity contribution in [1.82, 2.24) is 15.5 Å². The van der Waals surface area contributed by atoms with Gasteiger partial charge in [-0.1, -0.05) is 30.3 Å². The van der Waals surface area contributed by atoms with Gasteiger partial charge in [-0.25, -0.2) is 0 Å². The lowest BCUT2D eigenvalue weighted by atomic mass is 9.99. The number of carbonyl (C=O) groups excluding carboxylic acids is 1. The van der Waals surface area contributed by atoms with Crippen molar-refractivity contribution in [3.8, 4) is 0 Å². The van der Waals surface area contributed by atoms with E-state index in [0.29, 0.717) is 18.9 Å². The summed E-state index contributed by atoms with van der Waals surface area (Å²) in [6, 6.07) is 10.5. The third kappa shape index (κ3) is 4.04. The number of carbonyl (C=O) groups is 1. The summed E-state index contributed by atoms with van der Waals surface area (Å²) in [5.41, 5.74) is 1.23. The third-order valence-electron chi connectivity index (χ3n) is 3.64. The first-order valence-corrected chi connectivity index (χ1v) is 6.85. The summed E-state index contributed by atoms with van der Waals surface area (Å²) in [6.45, 7) is 2.61. The monoisotopic (exact) mass is 261 g/mol. The predicted molar refractivity (Wildman–Crippen MR) is 76.9 cm³/mol. The van der Waals surface area contributed by atoms with E-state index in [1.807, 2.05) is 32.3 Å². The summed E-state index contributed by atoms with van der Waals surface area (Å²) in [6.07, 6.45) is 0.641. The minimum atomic E-state index is 0.161. The Morgan fingerprint density at radius 1 is 1.37 bits per heavy atom. The molecule has 4 nitrogen and oxygen atoms in total. The molecule has 19 heavy (non-hydrogen) atoms. The molecule has 104 valence electrons. The Morgan fingerprint density at radius 3 is 2.58 bits per heavy atom. The lowest BCUT2D eigenvalue weighted by Crippen LogP contribution is -2.45. The Morgan fingerprint density at radius 2 is 2.05 bits per heavy atom. The number of likely N-dealkylation sites (N-methyl/N-ethyl adjacent to an activating group) is 1. The molecule has 0 bridgehead atoms. The van der Waals surface area contributed by atoms with Crippen molar-refractivity contribution in [3.63, 3.8) is 0 Å². The Hall–Kier alpha value is -1.39. The average molecular weight is 261 g/mol. The van der Waals surface area contributed by atoms with Crippen LogP contribution in [0.25, 0.3) is 0 Å². The highest BCUT2D eigenvalue weighted by molar-refractivity contribution is 5.76. The first kappa shape index (κ1) is 14.0. The molecule has 2 N–H and O–H groups in total. The highest BCUT2D eigenvalue weighted by Gasteiger charge is 2.21. The molecule has 0 spiro atoms. The molecule has 2 rings (SSSR count). The fraction of sp³-hybridized carbons (Fsp3) is 0.533. The van der Waals surface area contributed by atoms with Crippen LogP contribution in [-0.2, 0) is 4.79 Å². The largest absolute Gasteiger partial charge is 0.354 e. The molecule has 1 fully saturated rings. The van der Waals surface area contributed by atoms with Gasteiger partial charge in [-0.3, -0.25) is 4.79 Å². The van der Waals surface area contributed by atoms with Crippen molar-refractivity contribution in [2.24, 2.45) is 5.92 Å². The van der Waals surface area contributed by atoms with Crippen LogP contribution in [0.2, 0.25) is 0 Å². The van der Waals surface area contributed by atoms with Crippen LogP contribution in [0.3, 0.4) is 0 Å². The number of nitrogens with zero attached hydrogens (tertiary/aromatic N) is 1. The molecule has 1 saturated heterocycles. The maximum Gasteiger partial charge on any atom is 0.220 e. The van der Waals surface area contributed by atoms with Crippen molar-refractivity contribution >= 4 is 5.91 Å². The van der Waals surface area contributed by atoms with Crippen molar-refractivity contribution < 1.29 is 4.79 Å². The number of amides is 1. The van der Waals surface area contributed by atoms with Crippen LogP contribution in [0.4, 0.5) is 0 Å². The minimum absolute atomic E-state index is 0.161. The maximum absolute atomic E-state index is 11.8. The Kier molecular flexibility index (Phi) is 4.93. The highest BCUT2D eigenvalue weighted by atomic mass is 16.1. The Balaban J connectivity index is 1.85. The predicted octanol–water partition coefficient (Wildman–Crippen LogP) is 1.02. The van der Waals surface area contributed by atoms with E-state index in [1.165, 1.54) is 5.56 Å². The molecular weight excluding hydrogens is 238 g/mol. The van der Waals surface area contributed by atoms with Crippen LogP contribution >= 0.6 is 0 Å². The van der Waals surface area contributed by atoms with Gasteiger partial charge in [-0.15, -0.1) is 0 Å². The fourth-order valence-electron chi connectivity index (χ4n) is 2.31. The summed E-state index contributed by atoms with van der Waals surface area (Å²) in [7, 11) is 4.08. The lowest BCUT2D eigenvalue weighted by Gasteiger charge is -2.28. The van der Waals surface area contributed by atoms with Crippen LogP contribution in [0, 0.1) is 5.92 Å². The molecule has 1 atom stereocenters. The van der Waals surface area contributed by atoms with E-state index in [2.05, 4.69) is 27.7 Å². The molecule has 1 aliphatic rings. The smallest absolute Gasteiger partial charge is 0.220 e. The number of nitrogens with one attached hydrogen (secondary N) is 2. The summed E-state index contributed by atoms with van der Waals surface area (Å²) in [5, 5.41) is 6.24. The second kappa shape index (κ2) is 6.68. The average Bonchev–Trinajstić information content (AvgIpc) is 2.35. The van der Waals surface area contributed by atoms with Gasteiger partial charge in [-0.2, -0.15) is 0 Å². The molecule has 4 heteroatoms. The van der Waals surface area contributed by atoms with Gasteiger partial charge in [0.2, 0.25) is 5.91 Å². The molecule has 0 aromatic heterocycles. The van der Waals surface area contributed by atoms with Gasteiger partial charge in [0, 0.05) is 13.0 Å². The summed E-state index contributed by atoms with van der Waals surface area (Å²) in [4.78, 5) is 14.0. The van der Waals surface area contributed by atoms with Crippen LogP contribution in [-0.4, -0.2) is 44.5 Å². The van der Waals surface area contributed by atoms with E-state index in [9.17, 15) is 4.79 Å². The SMILES string of the molecule is CN(C)C(CNC(=O)CC1CNC1)c1ccccc1. The number of hydrogen-bond donors (Lipinski definition) is 2. The normalized spacial score (nSPS) is 17.0. The van der Waals surface area contributed by atoms with Gasteiger partial charge >= 0.3 is 0 Å². The van der Waals surface area contributed by atoms with Crippen molar-refractivity contribution in [1.29, 1.82) is 0 Å². The van der Waals surface area contributed by atoms with Crippen molar-refractivity contribution in [2.45, 2.75) is 12.5 Å². The highest BCUT2D eigenvalue weighted by Crippen LogP contribution is 2.17. The molecular formula is C15H23N3O. The molecule has 0 saturated carbocycles. The van der Waals surface area contributed by atoms with E-state index < -0.39 is 0 Å². The van der Waals surface area contributed by atoms with E-state index in [0.717, 1.165) is 13.1 Å². The maximum atomic E-state index is 11.8. The molecule has 1 aromatic rings. The Bertz CT molecular complexity index is 401. The van der Waals surface area contributed by atoms with Crippen molar-refractivity contribution in [3.05, 3.63) is 35.9 Å². The van der Waals surface area contributed by atoms with Gasteiger partial charge in [-0.05, 0) is 38.7 Å². The first-order chi connectivity index (χ1) is 9.16. The zero-order chi connectivity index (χ0) is 13.7. The van der Waals surface area contributed by atoms with Gasteiger partial charge in [0.15, 0.2) is 0 Å². The van der Waals surface area contributed by atoms with E-state index in [-0.39, 0.29) is 11.9 Å². The Labute approximate surface area is 115 Å². The third-order valence-corrected chi connectivity index (χ3v) is 3.64. The van der Waals surface area contributed by atoms with E-state index in [1.54, 1.807) is 0 Å². The molecule has 0 aliphatic carbocycles. The number of hydrogen-bond acceptors (Lipinski definition) is 3. The molecule has 1 heterocycles. The number of benzene rings is 1. The zero-order valence-corrected chi connectivity index (χ0v) is 11.7. The molecule has 1 amide bonds. The van der Waals surface area contributed by atoms with Gasteiger partial charge in [0.05, 0.1) is 6.04 Å². The second-order valence-corrected chi connectivity index (χ2v) is 5.42. The summed E-state index contributed by atoms with van der Waals surface area (Å²) < 4.78 is 0. The van der Waals surface area contributed by atoms with Crippen LogP contribution in [0.5, 0.6) is 0 Å². The summed E-state index contributed by atoms with van der Waals surface area (Å²) in [5.74, 6) is 0.684.